The summed E-state index contributed by atoms with van der Waals surface area (Å²) in [5.41, 5.74) is 0. The second-order valence-corrected chi connectivity index (χ2v) is 4.52. The van der Waals surface area contributed by atoms with E-state index < -0.39 is 0 Å². The van der Waals surface area contributed by atoms with Gasteiger partial charge in [0.25, 0.3) is 0 Å². The van der Waals surface area contributed by atoms with E-state index >= 15 is 0 Å². The smallest absolute Gasteiger partial charge is 0.305 e. The minimum Gasteiger partial charge on any atom is -0.469 e. The number of unbranched alkanes of at least 4 members (excludes halogenated alkanes) is 4. The number of methoxy groups -OCH3 is 1. The highest BCUT2D eigenvalue weighted by molar-refractivity contribution is 14.0. The van der Waals surface area contributed by atoms with E-state index in [2.05, 4.69) is 27.3 Å². The predicted octanol–water partition coefficient (Wildman–Crippen LogP) is 2.69. The van der Waals surface area contributed by atoms with Gasteiger partial charge in [-0.3, -0.25) is 9.79 Å². The van der Waals surface area contributed by atoms with Gasteiger partial charge in [0.05, 0.1) is 7.11 Å². The normalized spacial score (nSPS) is 10.7. The molecular formula is C14H30IN3O2. The van der Waals surface area contributed by atoms with Crippen molar-refractivity contribution >= 4 is 35.9 Å². The fraction of sp³-hybridized carbons (Fsp3) is 0.857. The van der Waals surface area contributed by atoms with Crippen LogP contribution in [0.4, 0.5) is 0 Å². The molecule has 0 amide bonds. The Morgan fingerprint density at radius 3 is 2.15 bits per heavy atom. The molecule has 0 saturated carbocycles. The number of carbonyl (C=O) groups is 1. The zero-order valence-corrected chi connectivity index (χ0v) is 15.4. The van der Waals surface area contributed by atoms with Gasteiger partial charge in [-0.25, -0.2) is 0 Å². The second kappa shape index (κ2) is 16.5. The molecule has 0 bridgehead atoms. The number of nitrogens with one attached hydrogen (secondary N) is 2. The maximum atomic E-state index is 10.9. The number of nitrogens with zero attached hydrogens (tertiary/aromatic N) is 1. The van der Waals surface area contributed by atoms with Gasteiger partial charge in [0.1, 0.15) is 0 Å². The van der Waals surface area contributed by atoms with Crippen LogP contribution in [0.1, 0.15) is 51.9 Å². The maximum Gasteiger partial charge on any atom is 0.305 e. The number of hydrogen-bond acceptors (Lipinski definition) is 3. The molecule has 0 rings (SSSR count). The van der Waals surface area contributed by atoms with Gasteiger partial charge in [-0.15, -0.1) is 24.0 Å². The van der Waals surface area contributed by atoms with Crippen LogP contribution in [0.3, 0.4) is 0 Å². The van der Waals surface area contributed by atoms with Crippen molar-refractivity contribution in [2.75, 3.05) is 27.2 Å². The average Bonchev–Trinajstić information content (AvgIpc) is 2.44. The molecule has 120 valence electrons. The molecule has 0 radical (unpaired) electrons. The molecule has 5 nitrogen and oxygen atoms in total. The van der Waals surface area contributed by atoms with Crippen LogP contribution in [-0.4, -0.2) is 39.2 Å². The van der Waals surface area contributed by atoms with E-state index in [0.717, 1.165) is 38.3 Å². The Morgan fingerprint density at radius 2 is 1.65 bits per heavy atom. The Bertz CT molecular complexity index is 261. The first-order valence-corrected chi connectivity index (χ1v) is 7.26. The van der Waals surface area contributed by atoms with E-state index in [1.807, 2.05) is 0 Å². The van der Waals surface area contributed by atoms with Gasteiger partial charge >= 0.3 is 5.97 Å². The molecule has 6 heteroatoms. The summed E-state index contributed by atoms with van der Waals surface area (Å²) < 4.78 is 4.59. The molecule has 0 saturated heterocycles. The number of halogens is 1. The molecule has 0 fully saturated rings. The van der Waals surface area contributed by atoms with Crippen LogP contribution in [0.25, 0.3) is 0 Å². The SMILES string of the molecule is CCCCCNC(=NC)NCCCCCC(=O)OC.I. The van der Waals surface area contributed by atoms with Crippen molar-refractivity contribution in [2.45, 2.75) is 51.9 Å². The number of esters is 1. The summed E-state index contributed by atoms with van der Waals surface area (Å²) in [4.78, 5) is 15.1. The number of ether oxygens (including phenoxy) is 1. The van der Waals surface area contributed by atoms with Crippen LogP contribution < -0.4 is 10.6 Å². The topological polar surface area (TPSA) is 62.7 Å². The lowest BCUT2D eigenvalue weighted by Crippen LogP contribution is -2.38. The predicted molar refractivity (Wildman–Crippen MR) is 94.8 cm³/mol. The van der Waals surface area contributed by atoms with Crippen molar-refractivity contribution in [3.8, 4) is 0 Å². The Morgan fingerprint density at radius 1 is 1.05 bits per heavy atom. The number of carbonyl (C=O) groups excluding carboxylic acids is 1. The van der Waals surface area contributed by atoms with Gasteiger partial charge < -0.3 is 15.4 Å². The molecule has 0 aromatic rings. The molecule has 0 unspecified atom stereocenters. The van der Waals surface area contributed by atoms with Crippen molar-refractivity contribution in [1.82, 2.24) is 10.6 Å². The first kappa shape index (κ1) is 21.8. The van der Waals surface area contributed by atoms with Crippen LogP contribution in [-0.2, 0) is 9.53 Å². The fourth-order valence-electron chi connectivity index (χ4n) is 1.68. The summed E-state index contributed by atoms with van der Waals surface area (Å²) in [7, 11) is 3.21. The van der Waals surface area contributed by atoms with Gasteiger partial charge in [-0.1, -0.05) is 26.2 Å². The zero-order valence-electron chi connectivity index (χ0n) is 13.0. The molecule has 0 aromatic heterocycles. The first-order chi connectivity index (χ1) is 9.24. The lowest BCUT2D eigenvalue weighted by Gasteiger charge is -2.11. The third-order valence-electron chi connectivity index (χ3n) is 2.87. The van der Waals surface area contributed by atoms with E-state index in [4.69, 9.17) is 0 Å². The van der Waals surface area contributed by atoms with E-state index in [-0.39, 0.29) is 29.9 Å². The number of aliphatic imine (C=N–C) groups is 1. The summed E-state index contributed by atoms with van der Waals surface area (Å²) in [6.45, 7) is 4.05. The number of rotatable bonds is 10. The van der Waals surface area contributed by atoms with Gasteiger partial charge in [-0.05, 0) is 19.3 Å². The summed E-state index contributed by atoms with van der Waals surface area (Å²) in [5, 5.41) is 6.56. The molecule has 0 aliphatic carbocycles. The molecule has 0 aliphatic rings. The van der Waals surface area contributed by atoms with Crippen LogP contribution in [0.2, 0.25) is 0 Å². The molecule has 0 atom stereocenters. The van der Waals surface area contributed by atoms with Crippen molar-refractivity contribution < 1.29 is 9.53 Å². The standard InChI is InChI=1S/C14H29N3O2.HI/c1-4-5-8-11-16-14(15-2)17-12-9-6-7-10-13(18)19-3;/h4-12H2,1-3H3,(H2,15,16,17);1H. The summed E-state index contributed by atoms with van der Waals surface area (Å²) in [6, 6.07) is 0. The van der Waals surface area contributed by atoms with Crippen LogP contribution in [0.15, 0.2) is 4.99 Å². The summed E-state index contributed by atoms with van der Waals surface area (Å²) >= 11 is 0. The van der Waals surface area contributed by atoms with Gasteiger partial charge in [0.15, 0.2) is 5.96 Å². The van der Waals surface area contributed by atoms with E-state index in [0.29, 0.717) is 6.42 Å². The number of guanidine groups is 1. The Kier molecular flexibility index (Phi) is 18.0. The molecule has 20 heavy (non-hydrogen) atoms. The molecule has 0 spiro atoms. The Labute approximate surface area is 140 Å². The summed E-state index contributed by atoms with van der Waals surface area (Å²) in [5.74, 6) is 0.741. The summed E-state index contributed by atoms with van der Waals surface area (Å²) in [6.07, 6.45) is 7.11. The van der Waals surface area contributed by atoms with Crippen molar-refractivity contribution in [2.24, 2.45) is 4.99 Å². The minimum absolute atomic E-state index is 0. The van der Waals surface area contributed by atoms with Gasteiger partial charge in [-0.2, -0.15) is 0 Å². The average molecular weight is 399 g/mol. The van der Waals surface area contributed by atoms with Crippen molar-refractivity contribution in [3.05, 3.63) is 0 Å². The fourth-order valence-corrected chi connectivity index (χ4v) is 1.68. The van der Waals surface area contributed by atoms with Crippen LogP contribution >= 0.6 is 24.0 Å². The molecule has 0 aliphatic heterocycles. The first-order valence-electron chi connectivity index (χ1n) is 7.26. The lowest BCUT2D eigenvalue weighted by molar-refractivity contribution is -0.140. The Hall–Kier alpha value is -0.530. The van der Waals surface area contributed by atoms with Crippen molar-refractivity contribution in [1.29, 1.82) is 0 Å². The third-order valence-corrected chi connectivity index (χ3v) is 2.87. The highest BCUT2D eigenvalue weighted by Gasteiger charge is 2.00. The highest BCUT2D eigenvalue weighted by atomic mass is 127. The van der Waals surface area contributed by atoms with Crippen molar-refractivity contribution in [3.63, 3.8) is 0 Å². The molecular weight excluding hydrogens is 369 g/mol. The minimum atomic E-state index is -0.124. The maximum absolute atomic E-state index is 10.9. The van der Waals surface area contributed by atoms with Gasteiger partial charge in [0, 0.05) is 26.6 Å². The Balaban J connectivity index is 0. The third kappa shape index (κ3) is 13.9. The highest BCUT2D eigenvalue weighted by Crippen LogP contribution is 1.99. The zero-order chi connectivity index (χ0) is 14.3. The van der Waals surface area contributed by atoms with Crippen LogP contribution in [0, 0.1) is 0 Å². The van der Waals surface area contributed by atoms with E-state index in [9.17, 15) is 4.79 Å². The van der Waals surface area contributed by atoms with E-state index in [1.165, 1.54) is 26.4 Å². The molecule has 0 heterocycles. The van der Waals surface area contributed by atoms with Gasteiger partial charge in [0.2, 0.25) is 0 Å². The van der Waals surface area contributed by atoms with E-state index in [1.54, 1.807) is 7.05 Å². The largest absolute Gasteiger partial charge is 0.469 e. The second-order valence-electron chi connectivity index (χ2n) is 4.52. The quantitative estimate of drug-likeness (QED) is 0.195. The van der Waals surface area contributed by atoms with Crippen LogP contribution in [0.5, 0.6) is 0 Å². The molecule has 2 N–H and O–H groups in total. The lowest BCUT2D eigenvalue weighted by atomic mass is 10.2. The monoisotopic (exact) mass is 399 g/mol. The number of hydrogen-bond donors (Lipinski definition) is 2. The molecule has 0 aromatic carbocycles.